The van der Waals surface area contributed by atoms with E-state index in [-0.39, 0.29) is 5.82 Å². The summed E-state index contributed by atoms with van der Waals surface area (Å²) in [7, 11) is 0. The van der Waals surface area contributed by atoms with Crippen molar-refractivity contribution in [2.75, 3.05) is 0 Å². The average molecular weight is 368 g/mol. The predicted octanol–water partition coefficient (Wildman–Crippen LogP) is 6.22. The molecule has 94 valence electrons. The Bertz CT molecular complexity index is 566. The third kappa shape index (κ3) is 2.83. The highest BCUT2D eigenvalue weighted by Gasteiger charge is 2.20. The lowest BCUT2D eigenvalue weighted by molar-refractivity contribution is 0.611. The molecule has 0 N–H and O–H groups in total. The van der Waals surface area contributed by atoms with Gasteiger partial charge in [-0.05, 0) is 29.8 Å². The summed E-state index contributed by atoms with van der Waals surface area (Å²) in [4.78, 5) is 0. The van der Waals surface area contributed by atoms with Crippen molar-refractivity contribution < 1.29 is 4.39 Å². The van der Waals surface area contributed by atoms with E-state index in [0.717, 1.165) is 0 Å². The van der Waals surface area contributed by atoms with Gasteiger partial charge in [-0.1, -0.05) is 51.3 Å². The van der Waals surface area contributed by atoms with Crippen molar-refractivity contribution in [2.24, 2.45) is 0 Å². The summed E-state index contributed by atoms with van der Waals surface area (Å²) < 4.78 is 14.4. The zero-order valence-electron chi connectivity index (χ0n) is 8.93. The normalized spacial score (nSPS) is 12.5. The summed E-state index contributed by atoms with van der Waals surface area (Å²) in [5.74, 6) is -0.379. The summed E-state index contributed by atoms with van der Waals surface area (Å²) in [6.07, 6.45) is 0. The molecule has 0 nitrogen and oxygen atoms in total. The number of halogens is 5. The van der Waals surface area contributed by atoms with Gasteiger partial charge in [0.1, 0.15) is 5.82 Å². The van der Waals surface area contributed by atoms with E-state index in [2.05, 4.69) is 15.9 Å². The molecule has 2 aromatic carbocycles. The van der Waals surface area contributed by atoms with Crippen LogP contribution in [0.2, 0.25) is 10.0 Å². The first-order valence-electron chi connectivity index (χ1n) is 5.03. The largest absolute Gasteiger partial charge is 0.207 e. The minimum absolute atomic E-state index is 0.364. The fraction of sp³-hybridized carbons (Fsp3) is 0.0769. The monoisotopic (exact) mass is 366 g/mol. The highest BCUT2D eigenvalue weighted by atomic mass is 79.9. The van der Waals surface area contributed by atoms with E-state index in [1.165, 1.54) is 6.07 Å². The van der Waals surface area contributed by atoms with Gasteiger partial charge in [0, 0.05) is 20.1 Å². The van der Waals surface area contributed by atoms with Gasteiger partial charge in [-0.2, -0.15) is 0 Å². The van der Waals surface area contributed by atoms with Crippen molar-refractivity contribution in [1.82, 2.24) is 0 Å². The number of hydrogen-bond acceptors (Lipinski definition) is 0. The molecular weight excluding hydrogens is 361 g/mol. The Balaban J connectivity index is 2.51. The Morgan fingerprint density at radius 3 is 2.44 bits per heavy atom. The van der Waals surface area contributed by atoms with Gasteiger partial charge in [-0.25, -0.2) is 4.39 Å². The van der Waals surface area contributed by atoms with Crippen LogP contribution in [0.4, 0.5) is 4.39 Å². The number of alkyl halides is 1. The van der Waals surface area contributed by atoms with Gasteiger partial charge in [0.25, 0.3) is 0 Å². The zero-order chi connectivity index (χ0) is 13.3. The van der Waals surface area contributed by atoms with Crippen molar-refractivity contribution in [3.63, 3.8) is 0 Å². The second-order valence-corrected chi connectivity index (χ2v) is 5.80. The predicted molar refractivity (Wildman–Crippen MR) is 78.3 cm³/mol. The van der Waals surface area contributed by atoms with Crippen LogP contribution in [0.25, 0.3) is 0 Å². The van der Waals surface area contributed by atoms with Crippen molar-refractivity contribution in [3.05, 3.63) is 67.9 Å². The van der Waals surface area contributed by atoms with Crippen molar-refractivity contribution >= 4 is 50.7 Å². The number of rotatable bonds is 2. The smallest absolute Gasteiger partial charge is 0.129 e. The number of hydrogen-bond donors (Lipinski definition) is 0. The summed E-state index contributed by atoms with van der Waals surface area (Å²) in [5, 5.41) is 0.253. The van der Waals surface area contributed by atoms with E-state index < -0.39 is 5.38 Å². The molecule has 0 aliphatic heterocycles. The first-order chi connectivity index (χ1) is 8.50. The van der Waals surface area contributed by atoms with Gasteiger partial charge in [0.2, 0.25) is 0 Å². The van der Waals surface area contributed by atoms with Crippen molar-refractivity contribution in [1.29, 1.82) is 0 Å². The molecule has 0 amide bonds. The molecule has 0 spiro atoms. The quantitative estimate of drug-likeness (QED) is 0.552. The van der Waals surface area contributed by atoms with E-state index in [1.54, 1.807) is 30.3 Å². The lowest BCUT2D eigenvalue weighted by Gasteiger charge is -2.14. The number of benzene rings is 2. The molecule has 0 bridgehead atoms. The van der Waals surface area contributed by atoms with Crippen LogP contribution < -0.4 is 0 Å². The summed E-state index contributed by atoms with van der Waals surface area (Å²) in [5.41, 5.74) is 0.983. The maximum atomic E-state index is 13.8. The van der Waals surface area contributed by atoms with Crippen LogP contribution in [0.5, 0.6) is 0 Å². The fourth-order valence-corrected chi connectivity index (χ4v) is 3.30. The fourth-order valence-electron chi connectivity index (χ4n) is 1.62. The molecule has 0 aliphatic rings. The molecule has 5 heteroatoms. The van der Waals surface area contributed by atoms with Crippen LogP contribution in [0, 0.1) is 5.82 Å². The van der Waals surface area contributed by atoms with Gasteiger partial charge in [0.15, 0.2) is 0 Å². The maximum Gasteiger partial charge on any atom is 0.129 e. The molecule has 0 aromatic heterocycles. The lowest BCUT2D eigenvalue weighted by Crippen LogP contribution is -1.99. The molecule has 0 fully saturated rings. The topological polar surface area (TPSA) is 0 Å². The second kappa shape index (κ2) is 5.79. The molecule has 0 heterocycles. The first kappa shape index (κ1) is 14.1. The van der Waals surface area contributed by atoms with E-state index >= 15 is 0 Å². The van der Waals surface area contributed by atoms with Gasteiger partial charge in [-0.15, -0.1) is 11.6 Å². The Hall–Kier alpha value is -0.280. The first-order valence-corrected chi connectivity index (χ1v) is 7.02. The highest BCUT2D eigenvalue weighted by molar-refractivity contribution is 9.10. The van der Waals surface area contributed by atoms with E-state index in [0.29, 0.717) is 25.6 Å². The Morgan fingerprint density at radius 1 is 1.11 bits per heavy atom. The zero-order valence-corrected chi connectivity index (χ0v) is 12.8. The van der Waals surface area contributed by atoms with Crippen molar-refractivity contribution in [3.8, 4) is 0 Å². The van der Waals surface area contributed by atoms with Crippen LogP contribution in [-0.2, 0) is 0 Å². The molecule has 0 saturated heterocycles. The Morgan fingerprint density at radius 2 is 1.83 bits per heavy atom. The second-order valence-electron chi connectivity index (χ2n) is 3.66. The third-order valence-electron chi connectivity index (χ3n) is 2.49. The van der Waals surface area contributed by atoms with E-state index in [4.69, 9.17) is 34.8 Å². The standard InChI is InChI=1S/C13H7BrCl3F/c14-9-2-1-3-11(18)12(9)13(17)8-5-4-7(15)6-10(8)16/h1-6,13H. The summed E-state index contributed by atoms with van der Waals surface area (Å²) in [6.45, 7) is 0. The molecule has 0 aliphatic carbocycles. The summed E-state index contributed by atoms with van der Waals surface area (Å²) in [6, 6.07) is 9.66. The van der Waals surface area contributed by atoms with E-state index in [9.17, 15) is 4.39 Å². The molecule has 18 heavy (non-hydrogen) atoms. The third-order valence-corrected chi connectivity index (χ3v) is 4.20. The Labute approximate surface area is 128 Å². The molecule has 1 unspecified atom stereocenters. The highest BCUT2D eigenvalue weighted by Crippen LogP contribution is 2.39. The minimum atomic E-state index is -0.676. The SMILES string of the molecule is Fc1cccc(Br)c1C(Cl)c1ccc(Cl)cc1Cl. The maximum absolute atomic E-state index is 13.8. The molecule has 2 rings (SSSR count). The Kier molecular flexibility index (Phi) is 4.54. The molecule has 0 saturated carbocycles. The van der Waals surface area contributed by atoms with Gasteiger partial charge in [0.05, 0.1) is 5.38 Å². The van der Waals surface area contributed by atoms with Gasteiger partial charge >= 0.3 is 0 Å². The van der Waals surface area contributed by atoms with Gasteiger partial charge in [-0.3, -0.25) is 0 Å². The summed E-state index contributed by atoms with van der Waals surface area (Å²) >= 11 is 21.5. The van der Waals surface area contributed by atoms with Crippen LogP contribution in [0.3, 0.4) is 0 Å². The molecule has 0 radical (unpaired) electrons. The molecular formula is C13H7BrCl3F. The van der Waals surface area contributed by atoms with Gasteiger partial charge < -0.3 is 0 Å². The van der Waals surface area contributed by atoms with E-state index in [1.807, 2.05) is 0 Å². The van der Waals surface area contributed by atoms with Crippen LogP contribution in [0.1, 0.15) is 16.5 Å². The van der Waals surface area contributed by atoms with Crippen LogP contribution in [-0.4, -0.2) is 0 Å². The minimum Gasteiger partial charge on any atom is -0.207 e. The lowest BCUT2D eigenvalue weighted by atomic mass is 10.0. The van der Waals surface area contributed by atoms with Crippen LogP contribution >= 0.6 is 50.7 Å². The average Bonchev–Trinajstić information content (AvgIpc) is 2.28. The van der Waals surface area contributed by atoms with Crippen LogP contribution in [0.15, 0.2) is 40.9 Å². The molecule has 2 aromatic rings. The molecule has 1 atom stereocenters. The van der Waals surface area contributed by atoms with Crippen molar-refractivity contribution in [2.45, 2.75) is 5.38 Å².